The van der Waals surface area contributed by atoms with Crippen LogP contribution >= 0.6 is 27.5 Å². The van der Waals surface area contributed by atoms with Crippen LogP contribution in [0.3, 0.4) is 0 Å². The van der Waals surface area contributed by atoms with Gasteiger partial charge in [-0.1, -0.05) is 27.5 Å². The van der Waals surface area contributed by atoms with Crippen molar-refractivity contribution in [3.8, 4) is 5.75 Å². The lowest BCUT2D eigenvalue weighted by Crippen LogP contribution is -2.32. The molecule has 0 spiro atoms. The quantitative estimate of drug-likeness (QED) is 0.698. The molecule has 0 unspecified atom stereocenters. The standard InChI is InChI=1S/C17H18BrClN2O2/c1-10-6-13(18)4-5-15(10)21-17(22)20-9-23-14-7-11(2)16(19)12(3)8-14/h4-8H,9H2,1-3H3,(H2,20,21,22). The smallest absolute Gasteiger partial charge is 0.321 e. The van der Waals surface area contributed by atoms with Crippen LogP contribution < -0.4 is 15.4 Å². The van der Waals surface area contributed by atoms with E-state index in [0.717, 1.165) is 31.9 Å². The summed E-state index contributed by atoms with van der Waals surface area (Å²) in [6.07, 6.45) is 0. The third kappa shape index (κ3) is 4.88. The predicted octanol–water partition coefficient (Wildman–Crippen LogP) is 5.19. The van der Waals surface area contributed by atoms with Crippen molar-refractivity contribution in [2.75, 3.05) is 12.0 Å². The average Bonchev–Trinajstić information content (AvgIpc) is 2.47. The van der Waals surface area contributed by atoms with E-state index in [1.807, 2.05) is 51.1 Å². The fraction of sp³-hybridized carbons (Fsp3) is 0.235. The maximum Gasteiger partial charge on any atom is 0.321 e. The van der Waals surface area contributed by atoms with Crippen molar-refractivity contribution < 1.29 is 9.53 Å². The number of urea groups is 1. The molecule has 122 valence electrons. The molecule has 2 rings (SSSR count). The Hall–Kier alpha value is -1.72. The van der Waals surface area contributed by atoms with Crippen LogP contribution in [-0.2, 0) is 0 Å². The molecule has 0 aromatic heterocycles. The highest BCUT2D eigenvalue weighted by atomic mass is 79.9. The summed E-state index contributed by atoms with van der Waals surface area (Å²) < 4.78 is 6.51. The highest BCUT2D eigenvalue weighted by molar-refractivity contribution is 9.10. The van der Waals surface area contributed by atoms with Crippen molar-refractivity contribution >= 4 is 39.2 Å². The topological polar surface area (TPSA) is 50.4 Å². The van der Waals surface area contributed by atoms with E-state index in [4.69, 9.17) is 16.3 Å². The fourth-order valence-electron chi connectivity index (χ4n) is 2.11. The van der Waals surface area contributed by atoms with E-state index in [-0.39, 0.29) is 12.8 Å². The Labute approximate surface area is 149 Å². The number of aryl methyl sites for hydroxylation is 3. The molecule has 23 heavy (non-hydrogen) atoms. The van der Waals surface area contributed by atoms with Gasteiger partial charge in [0.05, 0.1) is 0 Å². The molecule has 2 amide bonds. The number of rotatable bonds is 4. The van der Waals surface area contributed by atoms with Gasteiger partial charge in [-0.15, -0.1) is 0 Å². The van der Waals surface area contributed by atoms with E-state index in [1.165, 1.54) is 0 Å². The summed E-state index contributed by atoms with van der Waals surface area (Å²) in [6, 6.07) is 9.01. The second kappa shape index (κ2) is 7.70. The third-order valence-corrected chi connectivity index (χ3v) is 4.41. The highest BCUT2D eigenvalue weighted by Gasteiger charge is 2.06. The molecule has 2 aromatic rings. The number of ether oxygens (including phenoxy) is 1. The summed E-state index contributed by atoms with van der Waals surface area (Å²) in [5.41, 5.74) is 3.61. The summed E-state index contributed by atoms with van der Waals surface area (Å²) in [5, 5.41) is 6.17. The number of anilines is 1. The Balaban J connectivity index is 1.87. The number of hydrogen-bond donors (Lipinski definition) is 2. The van der Waals surface area contributed by atoms with Crippen LogP contribution in [0.4, 0.5) is 10.5 Å². The highest BCUT2D eigenvalue weighted by Crippen LogP contribution is 2.25. The van der Waals surface area contributed by atoms with Gasteiger partial charge in [-0.2, -0.15) is 0 Å². The number of carbonyl (C=O) groups excluding carboxylic acids is 1. The van der Waals surface area contributed by atoms with Crippen LogP contribution in [0.5, 0.6) is 5.75 Å². The summed E-state index contributed by atoms with van der Waals surface area (Å²) in [6.45, 7) is 5.83. The first-order valence-corrected chi connectivity index (χ1v) is 8.24. The molecule has 0 aliphatic heterocycles. The maximum absolute atomic E-state index is 11.9. The molecule has 0 saturated carbocycles. The number of benzene rings is 2. The van der Waals surface area contributed by atoms with Crippen LogP contribution in [0.2, 0.25) is 5.02 Å². The van der Waals surface area contributed by atoms with Gasteiger partial charge in [0.15, 0.2) is 6.73 Å². The molecule has 0 aliphatic carbocycles. The van der Waals surface area contributed by atoms with Crippen molar-refractivity contribution in [3.05, 3.63) is 56.5 Å². The van der Waals surface area contributed by atoms with Crippen molar-refractivity contribution in [1.82, 2.24) is 5.32 Å². The molecule has 2 N–H and O–H groups in total. The second-order valence-electron chi connectivity index (χ2n) is 5.25. The molecule has 0 radical (unpaired) electrons. The van der Waals surface area contributed by atoms with E-state index in [1.54, 1.807) is 0 Å². The minimum atomic E-state index is -0.321. The van der Waals surface area contributed by atoms with E-state index < -0.39 is 0 Å². The molecule has 0 heterocycles. The molecule has 0 bridgehead atoms. The number of nitrogens with one attached hydrogen (secondary N) is 2. The van der Waals surface area contributed by atoms with E-state index >= 15 is 0 Å². The van der Waals surface area contributed by atoms with Gasteiger partial charge >= 0.3 is 6.03 Å². The molecule has 2 aromatic carbocycles. The Morgan fingerprint density at radius 1 is 1.13 bits per heavy atom. The Morgan fingerprint density at radius 3 is 2.39 bits per heavy atom. The first-order chi connectivity index (χ1) is 10.9. The number of hydrogen-bond acceptors (Lipinski definition) is 2. The molecular formula is C17H18BrClN2O2. The van der Waals surface area contributed by atoms with Crippen LogP contribution in [-0.4, -0.2) is 12.8 Å². The first-order valence-electron chi connectivity index (χ1n) is 7.07. The largest absolute Gasteiger partial charge is 0.473 e. The average molecular weight is 398 g/mol. The number of halogens is 2. The van der Waals surface area contributed by atoms with Crippen LogP contribution in [0.25, 0.3) is 0 Å². The maximum atomic E-state index is 11.9. The van der Waals surface area contributed by atoms with Gasteiger partial charge in [-0.05, 0) is 67.8 Å². The summed E-state index contributed by atoms with van der Waals surface area (Å²) in [4.78, 5) is 11.9. The Kier molecular flexibility index (Phi) is 5.91. The molecule has 0 saturated heterocycles. The van der Waals surface area contributed by atoms with E-state index in [0.29, 0.717) is 5.75 Å². The van der Waals surface area contributed by atoms with Gasteiger partial charge in [0.1, 0.15) is 5.75 Å². The molecule has 0 fully saturated rings. The lowest BCUT2D eigenvalue weighted by Gasteiger charge is -2.12. The lowest BCUT2D eigenvalue weighted by molar-refractivity contribution is 0.234. The first kappa shape index (κ1) is 17.6. The zero-order chi connectivity index (χ0) is 17.0. The Bertz CT molecular complexity index is 712. The van der Waals surface area contributed by atoms with Gasteiger partial charge in [0.2, 0.25) is 0 Å². The van der Waals surface area contributed by atoms with E-state index in [2.05, 4.69) is 26.6 Å². The number of carbonyl (C=O) groups is 1. The zero-order valence-electron chi connectivity index (χ0n) is 13.2. The normalized spacial score (nSPS) is 10.3. The van der Waals surface area contributed by atoms with Gasteiger partial charge in [0, 0.05) is 15.2 Å². The summed E-state index contributed by atoms with van der Waals surface area (Å²) in [5.74, 6) is 0.671. The summed E-state index contributed by atoms with van der Waals surface area (Å²) in [7, 11) is 0. The monoisotopic (exact) mass is 396 g/mol. The molecule has 0 atom stereocenters. The van der Waals surface area contributed by atoms with Crippen LogP contribution in [0, 0.1) is 20.8 Å². The van der Waals surface area contributed by atoms with Gasteiger partial charge < -0.3 is 15.4 Å². The second-order valence-corrected chi connectivity index (χ2v) is 6.54. The predicted molar refractivity (Wildman–Crippen MR) is 97.5 cm³/mol. The molecular weight excluding hydrogens is 380 g/mol. The van der Waals surface area contributed by atoms with Crippen LogP contribution in [0.15, 0.2) is 34.8 Å². The SMILES string of the molecule is Cc1cc(Br)ccc1NC(=O)NCOc1cc(C)c(Cl)c(C)c1. The molecule has 6 heteroatoms. The minimum Gasteiger partial charge on any atom is -0.473 e. The van der Waals surface area contributed by atoms with Crippen molar-refractivity contribution in [1.29, 1.82) is 0 Å². The van der Waals surface area contributed by atoms with Gasteiger partial charge in [-0.25, -0.2) is 4.79 Å². The third-order valence-electron chi connectivity index (χ3n) is 3.32. The lowest BCUT2D eigenvalue weighted by atomic mass is 10.1. The fourth-order valence-corrected chi connectivity index (χ4v) is 2.69. The minimum absolute atomic E-state index is 0.0714. The van der Waals surface area contributed by atoms with Gasteiger partial charge in [-0.3, -0.25) is 0 Å². The van der Waals surface area contributed by atoms with Crippen molar-refractivity contribution in [3.63, 3.8) is 0 Å². The van der Waals surface area contributed by atoms with Crippen molar-refractivity contribution in [2.45, 2.75) is 20.8 Å². The molecule has 4 nitrogen and oxygen atoms in total. The summed E-state index contributed by atoms with van der Waals surface area (Å²) >= 11 is 9.50. The Morgan fingerprint density at radius 2 is 1.78 bits per heavy atom. The van der Waals surface area contributed by atoms with Gasteiger partial charge in [0.25, 0.3) is 0 Å². The van der Waals surface area contributed by atoms with E-state index in [9.17, 15) is 4.79 Å². The zero-order valence-corrected chi connectivity index (χ0v) is 15.5. The number of amides is 2. The van der Waals surface area contributed by atoms with Crippen LogP contribution in [0.1, 0.15) is 16.7 Å². The van der Waals surface area contributed by atoms with Crippen molar-refractivity contribution in [2.24, 2.45) is 0 Å². The molecule has 0 aliphatic rings.